The van der Waals surface area contributed by atoms with E-state index in [4.69, 9.17) is 18.9 Å². The molecule has 0 bridgehead atoms. The van der Waals surface area contributed by atoms with Crippen molar-refractivity contribution < 1.29 is 38.4 Å². The number of carbonyl (C=O) groups is 3. The van der Waals surface area contributed by atoms with Crippen LogP contribution in [0.15, 0.2) is 91.0 Å². The van der Waals surface area contributed by atoms with Gasteiger partial charge in [0.1, 0.15) is 29.9 Å². The van der Waals surface area contributed by atoms with E-state index in [0.29, 0.717) is 23.7 Å². The van der Waals surface area contributed by atoms with Gasteiger partial charge >= 0.3 is 18.2 Å². The molecule has 2 atom stereocenters. The molecule has 11 nitrogen and oxygen atoms in total. The van der Waals surface area contributed by atoms with E-state index >= 15 is 0 Å². The smallest absolute Gasteiger partial charge is 0.412 e. The molecular weight excluding hydrogens is 506 g/mol. The van der Waals surface area contributed by atoms with Crippen LogP contribution >= 0.6 is 0 Å². The number of benzene rings is 3. The predicted octanol–water partition coefficient (Wildman–Crippen LogP) is 3.20. The lowest BCUT2D eigenvalue weighted by Crippen LogP contribution is -2.47. The molecular formula is C28H31N3O8. The molecule has 4 N–H and O–H groups in total. The zero-order chi connectivity index (χ0) is 27.7. The second kappa shape index (κ2) is 16.3. The Kier molecular flexibility index (Phi) is 12.1. The molecule has 0 heterocycles. The van der Waals surface area contributed by atoms with Gasteiger partial charge in [0.25, 0.3) is 6.41 Å². The fourth-order valence-corrected chi connectivity index (χ4v) is 3.27. The molecule has 0 aromatic heterocycles. The summed E-state index contributed by atoms with van der Waals surface area (Å²) in [4.78, 5) is 36.6. The zero-order valence-electron chi connectivity index (χ0n) is 21.2. The molecule has 0 spiro atoms. The van der Waals surface area contributed by atoms with Gasteiger partial charge in [-0.15, -0.1) is 0 Å². The summed E-state index contributed by atoms with van der Waals surface area (Å²) in [5, 5.41) is 18.1. The molecule has 3 rings (SSSR count). The lowest BCUT2D eigenvalue weighted by Gasteiger charge is -2.22. The topological polar surface area (TPSA) is 144 Å². The van der Waals surface area contributed by atoms with E-state index in [9.17, 15) is 19.5 Å². The summed E-state index contributed by atoms with van der Waals surface area (Å²) in [7, 11) is 0. The highest BCUT2D eigenvalue weighted by molar-refractivity contribution is 5.76. The van der Waals surface area contributed by atoms with Gasteiger partial charge in [0.05, 0.1) is 6.54 Å². The molecule has 0 saturated heterocycles. The summed E-state index contributed by atoms with van der Waals surface area (Å²) in [6.07, 6.45) is -2.26. The second-order valence-electron chi connectivity index (χ2n) is 8.07. The van der Waals surface area contributed by atoms with Gasteiger partial charge in [0.15, 0.2) is 0 Å². The Morgan fingerprint density at radius 2 is 1.18 bits per heavy atom. The number of para-hydroxylation sites is 3. The van der Waals surface area contributed by atoms with Gasteiger partial charge in [-0.1, -0.05) is 54.6 Å². The number of hydrogen-bond acceptors (Lipinski definition) is 9. The Morgan fingerprint density at radius 1 is 0.692 bits per heavy atom. The summed E-state index contributed by atoms with van der Waals surface area (Å²) < 4.78 is 20.9. The van der Waals surface area contributed by atoms with Crippen molar-refractivity contribution in [2.45, 2.75) is 25.3 Å². The van der Waals surface area contributed by atoms with E-state index in [-0.39, 0.29) is 26.1 Å². The number of hydrogen-bond donors (Lipinski definition) is 4. The highest BCUT2D eigenvalue weighted by Gasteiger charge is 2.23. The van der Waals surface area contributed by atoms with Crippen molar-refractivity contribution in [3.63, 3.8) is 0 Å². The van der Waals surface area contributed by atoms with Gasteiger partial charge in [-0.3, -0.25) is 4.79 Å². The molecule has 0 aliphatic rings. The van der Waals surface area contributed by atoms with Crippen LogP contribution in [-0.2, 0) is 9.53 Å². The average molecular weight is 538 g/mol. The van der Waals surface area contributed by atoms with Crippen molar-refractivity contribution in [1.29, 1.82) is 0 Å². The number of amides is 2. The van der Waals surface area contributed by atoms with Crippen LogP contribution < -0.4 is 30.2 Å². The number of aliphatic hydroxyl groups is 1. The third kappa shape index (κ3) is 11.5. The third-order valence-electron chi connectivity index (χ3n) is 5.08. The average Bonchev–Trinajstić information content (AvgIpc) is 2.94. The van der Waals surface area contributed by atoms with Crippen LogP contribution in [0.2, 0.25) is 0 Å². The Bertz CT molecular complexity index is 1150. The van der Waals surface area contributed by atoms with E-state index in [1.807, 2.05) is 0 Å². The van der Waals surface area contributed by atoms with E-state index in [1.54, 1.807) is 91.0 Å². The van der Waals surface area contributed by atoms with Crippen molar-refractivity contribution in [2.24, 2.45) is 0 Å². The van der Waals surface area contributed by atoms with Crippen LogP contribution in [0.4, 0.5) is 9.59 Å². The SMILES string of the molecule is O=C(NCCCC(NC(O)Oc1ccccc1)C(=O)OCCNC(=O)Oc1ccccc1)Oc1ccccc1. The summed E-state index contributed by atoms with van der Waals surface area (Å²) in [5.41, 5.74) is 0. The standard InChI is InChI=1S/C28H31N3O8/c32-25(36-20-19-30-27(34)38-22-13-6-2-7-14-22)24(31-28(35)39-23-15-8-3-9-16-23)17-10-18-29-26(33)37-21-11-4-1-5-12-21/h1-9,11-16,24,28,31,35H,10,17-20H2,(H,29,33)(H,30,34). The molecule has 206 valence electrons. The maximum atomic E-state index is 12.7. The van der Waals surface area contributed by atoms with E-state index < -0.39 is 30.6 Å². The van der Waals surface area contributed by atoms with Gasteiger partial charge in [-0.25, -0.2) is 14.9 Å². The predicted molar refractivity (Wildman–Crippen MR) is 141 cm³/mol. The number of carbonyl (C=O) groups excluding carboxylic acids is 3. The molecule has 0 radical (unpaired) electrons. The lowest BCUT2D eigenvalue weighted by molar-refractivity contribution is -0.150. The monoisotopic (exact) mass is 537 g/mol. The van der Waals surface area contributed by atoms with E-state index in [0.717, 1.165) is 0 Å². The first-order chi connectivity index (χ1) is 19.0. The van der Waals surface area contributed by atoms with E-state index in [1.165, 1.54) is 0 Å². The fourth-order valence-electron chi connectivity index (χ4n) is 3.27. The highest BCUT2D eigenvalue weighted by Crippen LogP contribution is 2.11. The van der Waals surface area contributed by atoms with Crippen molar-refractivity contribution in [2.75, 3.05) is 19.7 Å². The van der Waals surface area contributed by atoms with E-state index in [2.05, 4.69) is 16.0 Å². The molecule has 11 heteroatoms. The van der Waals surface area contributed by atoms with Crippen molar-refractivity contribution in [3.8, 4) is 17.2 Å². The Morgan fingerprint density at radius 3 is 1.72 bits per heavy atom. The number of nitrogens with one attached hydrogen (secondary N) is 3. The third-order valence-corrected chi connectivity index (χ3v) is 5.08. The lowest BCUT2D eigenvalue weighted by atomic mass is 10.1. The normalized spacial score (nSPS) is 11.9. The Labute approximate surface area is 226 Å². The van der Waals surface area contributed by atoms with Gasteiger partial charge in [-0.05, 0) is 49.2 Å². The first-order valence-electron chi connectivity index (χ1n) is 12.3. The molecule has 2 unspecified atom stereocenters. The molecule has 0 aliphatic heterocycles. The number of aliphatic hydroxyl groups excluding tert-OH is 1. The highest BCUT2D eigenvalue weighted by atomic mass is 16.6. The minimum Gasteiger partial charge on any atom is -0.463 e. The van der Waals surface area contributed by atoms with Gasteiger partial charge < -0.3 is 34.7 Å². The van der Waals surface area contributed by atoms with Crippen LogP contribution in [0.5, 0.6) is 17.2 Å². The number of esters is 1. The molecule has 39 heavy (non-hydrogen) atoms. The van der Waals surface area contributed by atoms with Crippen LogP contribution in [0.1, 0.15) is 12.8 Å². The first-order valence-corrected chi connectivity index (χ1v) is 12.3. The van der Waals surface area contributed by atoms with Gasteiger partial charge in [0.2, 0.25) is 0 Å². The minimum atomic E-state index is -1.50. The van der Waals surface area contributed by atoms with Gasteiger partial charge in [0, 0.05) is 6.54 Å². The van der Waals surface area contributed by atoms with Crippen LogP contribution in [0.3, 0.4) is 0 Å². The molecule has 0 saturated carbocycles. The number of rotatable bonds is 14. The summed E-state index contributed by atoms with van der Waals surface area (Å²) in [6, 6.07) is 24.7. The summed E-state index contributed by atoms with van der Waals surface area (Å²) in [6.45, 7) is 0.0952. The van der Waals surface area contributed by atoms with Crippen molar-refractivity contribution in [3.05, 3.63) is 91.0 Å². The Balaban J connectivity index is 1.43. The maximum Gasteiger partial charge on any atom is 0.412 e. The quantitative estimate of drug-likeness (QED) is 0.138. The largest absolute Gasteiger partial charge is 0.463 e. The summed E-state index contributed by atoms with van der Waals surface area (Å²) >= 11 is 0. The summed E-state index contributed by atoms with van der Waals surface area (Å²) in [5.74, 6) is 0.511. The molecule has 0 aliphatic carbocycles. The van der Waals surface area contributed by atoms with Crippen molar-refractivity contribution in [1.82, 2.24) is 16.0 Å². The first kappa shape index (κ1) is 29.0. The number of ether oxygens (including phenoxy) is 4. The van der Waals surface area contributed by atoms with Crippen LogP contribution in [0.25, 0.3) is 0 Å². The van der Waals surface area contributed by atoms with Crippen LogP contribution in [-0.4, -0.2) is 55.4 Å². The van der Waals surface area contributed by atoms with Gasteiger partial charge in [-0.2, -0.15) is 0 Å². The molecule has 0 fully saturated rings. The molecule has 3 aromatic carbocycles. The zero-order valence-corrected chi connectivity index (χ0v) is 21.2. The fraction of sp³-hybridized carbons (Fsp3) is 0.250. The molecule has 2 amide bonds. The second-order valence-corrected chi connectivity index (χ2v) is 8.07. The minimum absolute atomic E-state index is 0.0140. The maximum absolute atomic E-state index is 12.7. The van der Waals surface area contributed by atoms with Crippen molar-refractivity contribution >= 4 is 18.2 Å². The molecule has 3 aromatic rings. The van der Waals surface area contributed by atoms with Crippen LogP contribution in [0, 0.1) is 0 Å². The Hall–Kier alpha value is -4.61.